The summed E-state index contributed by atoms with van der Waals surface area (Å²) in [6.45, 7) is 1.37. The molecule has 0 heterocycles. The molecule has 0 fully saturated rings. The Morgan fingerprint density at radius 2 is 1.70 bits per heavy atom. The smallest absolute Gasteiger partial charge is 0.261 e. The lowest BCUT2D eigenvalue weighted by molar-refractivity contribution is 0.101. The van der Waals surface area contributed by atoms with E-state index in [1.807, 2.05) is 0 Å². The highest BCUT2D eigenvalue weighted by molar-refractivity contribution is 7.92. The van der Waals surface area contributed by atoms with Crippen molar-refractivity contribution in [2.45, 2.75) is 11.8 Å². The van der Waals surface area contributed by atoms with Gasteiger partial charge in [-0.25, -0.2) is 8.42 Å². The SMILES string of the molecule is CC(=O)c1cccc(NS(=O)(=O)c2ccccc2)c1Cl. The van der Waals surface area contributed by atoms with Crippen molar-refractivity contribution in [1.29, 1.82) is 0 Å². The third-order valence-electron chi connectivity index (χ3n) is 2.68. The molecule has 0 aliphatic rings. The van der Waals surface area contributed by atoms with E-state index in [9.17, 15) is 13.2 Å². The zero-order valence-electron chi connectivity index (χ0n) is 10.6. The number of carbonyl (C=O) groups is 1. The van der Waals surface area contributed by atoms with Gasteiger partial charge in [0.25, 0.3) is 10.0 Å². The fraction of sp³-hybridized carbons (Fsp3) is 0.0714. The molecule has 104 valence electrons. The maximum absolute atomic E-state index is 12.2. The molecule has 0 saturated carbocycles. The van der Waals surface area contributed by atoms with Gasteiger partial charge < -0.3 is 0 Å². The molecule has 2 aromatic rings. The number of halogens is 1. The minimum atomic E-state index is -3.72. The van der Waals surface area contributed by atoms with Crippen LogP contribution in [0.4, 0.5) is 5.69 Å². The molecule has 0 spiro atoms. The van der Waals surface area contributed by atoms with Gasteiger partial charge >= 0.3 is 0 Å². The van der Waals surface area contributed by atoms with Crippen LogP contribution in [-0.2, 0) is 10.0 Å². The van der Waals surface area contributed by atoms with Crippen LogP contribution in [0.1, 0.15) is 17.3 Å². The van der Waals surface area contributed by atoms with Crippen LogP contribution in [0.5, 0.6) is 0 Å². The Morgan fingerprint density at radius 3 is 2.30 bits per heavy atom. The summed E-state index contributed by atoms with van der Waals surface area (Å²) in [6, 6.07) is 12.6. The quantitative estimate of drug-likeness (QED) is 0.881. The van der Waals surface area contributed by atoms with Crippen LogP contribution in [0.3, 0.4) is 0 Å². The Hall–Kier alpha value is -1.85. The van der Waals surface area contributed by atoms with E-state index >= 15 is 0 Å². The summed E-state index contributed by atoms with van der Waals surface area (Å²) in [4.78, 5) is 11.5. The van der Waals surface area contributed by atoms with E-state index in [2.05, 4.69) is 4.72 Å². The number of benzene rings is 2. The molecule has 2 aromatic carbocycles. The first-order chi connectivity index (χ1) is 9.42. The van der Waals surface area contributed by atoms with E-state index in [4.69, 9.17) is 11.6 Å². The van der Waals surface area contributed by atoms with Crippen molar-refractivity contribution < 1.29 is 13.2 Å². The second-order valence-electron chi connectivity index (χ2n) is 4.14. The monoisotopic (exact) mass is 309 g/mol. The number of hydrogen-bond donors (Lipinski definition) is 1. The van der Waals surface area contributed by atoms with Crippen molar-refractivity contribution in [3.63, 3.8) is 0 Å². The van der Waals surface area contributed by atoms with Gasteiger partial charge in [-0.2, -0.15) is 0 Å². The molecule has 0 atom stereocenters. The maximum atomic E-state index is 12.2. The molecule has 20 heavy (non-hydrogen) atoms. The van der Waals surface area contributed by atoms with Gasteiger partial charge in [-0.3, -0.25) is 9.52 Å². The van der Waals surface area contributed by atoms with Crippen LogP contribution in [0.2, 0.25) is 5.02 Å². The van der Waals surface area contributed by atoms with Crippen molar-refractivity contribution >= 4 is 33.1 Å². The third-order valence-corrected chi connectivity index (χ3v) is 4.46. The normalized spacial score (nSPS) is 11.1. The molecule has 2 rings (SSSR count). The topological polar surface area (TPSA) is 63.2 Å². The van der Waals surface area contributed by atoms with Crippen molar-refractivity contribution in [2.75, 3.05) is 4.72 Å². The molecule has 4 nitrogen and oxygen atoms in total. The Balaban J connectivity index is 2.41. The van der Waals surface area contributed by atoms with Gasteiger partial charge in [-0.1, -0.05) is 35.9 Å². The van der Waals surface area contributed by atoms with Crippen molar-refractivity contribution in [2.24, 2.45) is 0 Å². The number of Topliss-reactive ketones (excluding diaryl/α,β-unsaturated/α-hetero) is 1. The molecule has 6 heteroatoms. The van der Waals surface area contributed by atoms with E-state index in [0.29, 0.717) is 0 Å². The number of carbonyl (C=O) groups excluding carboxylic acids is 1. The van der Waals surface area contributed by atoms with Crippen molar-refractivity contribution in [3.8, 4) is 0 Å². The second kappa shape index (κ2) is 5.64. The van der Waals surface area contributed by atoms with E-state index in [0.717, 1.165) is 0 Å². The maximum Gasteiger partial charge on any atom is 0.261 e. The number of rotatable bonds is 4. The Kier molecular flexibility index (Phi) is 4.11. The summed E-state index contributed by atoms with van der Waals surface area (Å²) in [6.07, 6.45) is 0. The first kappa shape index (κ1) is 14.6. The predicted molar refractivity (Wildman–Crippen MR) is 78.7 cm³/mol. The molecule has 0 saturated heterocycles. The molecule has 1 N–H and O–H groups in total. The third kappa shape index (κ3) is 3.00. The molecule has 0 radical (unpaired) electrons. The zero-order chi connectivity index (χ0) is 14.8. The highest BCUT2D eigenvalue weighted by Crippen LogP contribution is 2.28. The molecule has 0 unspecified atom stereocenters. The van der Waals surface area contributed by atoms with Gasteiger partial charge in [0.15, 0.2) is 5.78 Å². The summed E-state index contributed by atoms with van der Waals surface area (Å²) in [7, 11) is -3.72. The minimum Gasteiger partial charge on any atom is -0.294 e. The van der Waals surface area contributed by atoms with Crippen LogP contribution in [0.15, 0.2) is 53.4 Å². The lowest BCUT2D eigenvalue weighted by atomic mass is 10.1. The summed E-state index contributed by atoms with van der Waals surface area (Å²) in [5.74, 6) is -0.226. The van der Waals surface area contributed by atoms with Gasteiger partial charge in [0, 0.05) is 5.56 Å². The number of hydrogen-bond acceptors (Lipinski definition) is 3. The summed E-state index contributed by atoms with van der Waals surface area (Å²) in [5.41, 5.74) is 0.461. The van der Waals surface area contributed by atoms with E-state index < -0.39 is 10.0 Å². The van der Waals surface area contributed by atoms with Crippen molar-refractivity contribution in [1.82, 2.24) is 0 Å². The standard InChI is InChI=1S/C14H12ClNO3S/c1-10(17)12-8-5-9-13(14(12)15)16-20(18,19)11-6-3-2-4-7-11/h2-9,16H,1H3. The Morgan fingerprint density at radius 1 is 1.05 bits per heavy atom. The Bertz CT molecular complexity index is 742. The fourth-order valence-electron chi connectivity index (χ4n) is 1.69. The predicted octanol–water partition coefficient (Wildman–Crippen LogP) is 3.34. The molecular formula is C14H12ClNO3S. The summed E-state index contributed by atoms with van der Waals surface area (Å²) < 4.78 is 26.7. The first-order valence-electron chi connectivity index (χ1n) is 5.79. The van der Waals surface area contributed by atoms with Crippen LogP contribution in [-0.4, -0.2) is 14.2 Å². The van der Waals surface area contributed by atoms with E-state index in [1.165, 1.54) is 25.1 Å². The highest BCUT2D eigenvalue weighted by atomic mass is 35.5. The zero-order valence-corrected chi connectivity index (χ0v) is 12.2. The van der Waals surface area contributed by atoms with E-state index in [-0.39, 0.29) is 27.0 Å². The number of ketones is 1. The van der Waals surface area contributed by atoms with Gasteiger partial charge in [-0.15, -0.1) is 0 Å². The first-order valence-corrected chi connectivity index (χ1v) is 7.65. The average molecular weight is 310 g/mol. The molecule has 0 bridgehead atoms. The van der Waals surface area contributed by atoms with Crippen molar-refractivity contribution in [3.05, 3.63) is 59.1 Å². The molecule has 0 aliphatic heterocycles. The largest absolute Gasteiger partial charge is 0.294 e. The lowest BCUT2D eigenvalue weighted by Crippen LogP contribution is -2.13. The van der Waals surface area contributed by atoms with E-state index in [1.54, 1.807) is 30.3 Å². The van der Waals surface area contributed by atoms with Crippen LogP contribution in [0, 0.1) is 0 Å². The van der Waals surface area contributed by atoms with Crippen LogP contribution in [0.25, 0.3) is 0 Å². The fourth-order valence-corrected chi connectivity index (χ4v) is 3.14. The molecular weight excluding hydrogens is 298 g/mol. The van der Waals surface area contributed by atoms with Gasteiger partial charge in [-0.05, 0) is 31.2 Å². The summed E-state index contributed by atoms with van der Waals surface area (Å²) >= 11 is 6.05. The van der Waals surface area contributed by atoms with Gasteiger partial charge in [0.2, 0.25) is 0 Å². The number of anilines is 1. The average Bonchev–Trinajstić information content (AvgIpc) is 2.41. The van der Waals surface area contributed by atoms with Gasteiger partial charge in [0.05, 0.1) is 15.6 Å². The minimum absolute atomic E-state index is 0.0968. The second-order valence-corrected chi connectivity index (χ2v) is 6.20. The summed E-state index contributed by atoms with van der Waals surface area (Å²) in [5, 5.41) is 0.0968. The molecule has 0 aromatic heterocycles. The Labute approximate surface area is 122 Å². The molecule has 0 amide bonds. The number of nitrogens with one attached hydrogen (secondary N) is 1. The van der Waals surface area contributed by atoms with Gasteiger partial charge in [0.1, 0.15) is 0 Å². The highest BCUT2D eigenvalue weighted by Gasteiger charge is 2.17. The molecule has 0 aliphatic carbocycles. The lowest BCUT2D eigenvalue weighted by Gasteiger charge is -2.11. The number of sulfonamides is 1. The van der Waals surface area contributed by atoms with Crippen LogP contribution < -0.4 is 4.72 Å². The van der Waals surface area contributed by atoms with Crippen LogP contribution >= 0.6 is 11.6 Å².